The third-order valence-electron chi connectivity index (χ3n) is 7.32. The minimum absolute atomic E-state index is 0.0333. The molecule has 1 saturated heterocycles. The van der Waals surface area contributed by atoms with Gasteiger partial charge in [-0.1, -0.05) is 19.1 Å². The summed E-state index contributed by atoms with van der Waals surface area (Å²) in [6.45, 7) is 6.10. The molecule has 1 aromatic heterocycles. The van der Waals surface area contributed by atoms with Gasteiger partial charge < -0.3 is 23.8 Å². The number of anilines is 1. The summed E-state index contributed by atoms with van der Waals surface area (Å²) in [7, 11) is -1.04. The first kappa shape index (κ1) is 30.4. The minimum Gasteiger partial charge on any atom is -0.495 e. The summed E-state index contributed by atoms with van der Waals surface area (Å²) in [5.74, 6) is 1.39. The number of methoxy groups -OCH3 is 2. The number of para-hydroxylation sites is 1. The van der Waals surface area contributed by atoms with Crippen LogP contribution in [0.4, 0.5) is 10.1 Å². The number of rotatable bonds is 12. The van der Waals surface area contributed by atoms with Gasteiger partial charge in [-0.3, -0.25) is 4.72 Å². The van der Waals surface area contributed by atoms with E-state index < -0.39 is 15.8 Å². The third-order valence-corrected chi connectivity index (χ3v) is 8.74. The summed E-state index contributed by atoms with van der Waals surface area (Å²) in [6, 6.07) is 17.0. The number of aromatic nitrogens is 1. The predicted molar refractivity (Wildman–Crippen MR) is 164 cm³/mol. The molecule has 11 heteroatoms. The van der Waals surface area contributed by atoms with Gasteiger partial charge >= 0.3 is 0 Å². The van der Waals surface area contributed by atoms with Crippen LogP contribution in [-0.2, 0) is 10.0 Å². The molecule has 0 amide bonds. The molecule has 0 saturated carbocycles. The molecule has 0 bridgehead atoms. The zero-order chi connectivity index (χ0) is 30.4. The molecule has 1 aliphatic heterocycles. The van der Waals surface area contributed by atoms with Crippen LogP contribution in [0.3, 0.4) is 0 Å². The Labute approximate surface area is 251 Å². The van der Waals surface area contributed by atoms with Gasteiger partial charge in [-0.2, -0.15) is 0 Å². The molecule has 3 aromatic carbocycles. The second kappa shape index (κ2) is 13.5. The maximum Gasteiger partial charge on any atom is 0.265 e. The van der Waals surface area contributed by atoms with E-state index in [1.165, 1.54) is 44.2 Å². The first-order chi connectivity index (χ1) is 20.8. The number of halogens is 1. The number of sulfonamides is 1. The van der Waals surface area contributed by atoms with E-state index >= 15 is 4.39 Å². The first-order valence-corrected chi connectivity index (χ1v) is 15.7. The SMILES string of the molecule is COc1cc2ccc(Oc3ccc(NS(=O)(=O)c4ccccc4OC)cc3F)nc2cc1OCCCN1CCCC(C)C1. The number of likely N-dealkylation sites (tertiary alicyclic amines) is 1. The fourth-order valence-electron chi connectivity index (χ4n) is 5.21. The van der Waals surface area contributed by atoms with Crippen molar-refractivity contribution in [3.05, 3.63) is 72.5 Å². The van der Waals surface area contributed by atoms with E-state index in [1.54, 1.807) is 37.4 Å². The van der Waals surface area contributed by atoms with Crippen LogP contribution in [0.2, 0.25) is 0 Å². The van der Waals surface area contributed by atoms with Gasteiger partial charge in [0.05, 0.1) is 32.0 Å². The molecule has 0 radical (unpaired) electrons. The number of hydrogen-bond donors (Lipinski definition) is 1. The van der Waals surface area contributed by atoms with E-state index in [0.717, 1.165) is 43.4 Å². The fraction of sp³-hybridized carbons (Fsp3) is 0.344. The molecule has 228 valence electrons. The Kier molecular flexibility index (Phi) is 9.52. The van der Waals surface area contributed by atoms with Crippen LogP contribution in [0, 0.1) is 11.7 Å². The lowest BCUT2D eigenvalue weighted by atomic mass is 10.0. The minimum atomic E-state index is -4.01. The number of nitrogens with one attached hydrogen (secondary N) is 1. The molecule has 1 N–H and O–H groups in total. The maximum absolute atomic E-state index is 15.0. The standard InChI is InChI=1S/C32H36FN3O6S/c1-22-8-6-15-36(21-22)16-7-17-41-30-20-26-23(18-29(30)40-3)11-14-32(34-26)42-27-13-12-24(19-25(27)33)35-43(37,38)31-10-5-4-9-28(31)39-2/h4-5,9-14,18-20,22,35H,6-8,15-17,21H2,1-3H3. The Morgan fingerprint density at radius 2 is 1.79 bits per heavy atom. The van der Waals surface area contributed by atoms with E-state index in [-0.39, 0.29) is 28.0 Å². The van der Waals surface area contributed by atoms with E-state index in [0.29, 0.717) is 23.6 Å². The lowest BCUT2D eigenvalue weighted by Crippen LogP contribution is -2.35. The zero-order valence-electron chi connectivity index (χ0n) is 24.5. The second-order valence-electron chi connectivity index (χ2n) is 10.6. The molecule has 1 unspecified atom stereocenters. The molecule has 43 heavy (non-hydrogen) atoms. The van der Waals surface area contributed by atoms with Gasteiger partial charge in [-0.25, -0.2) is 17.8 Å². The van der Waals surface area contributed by atoms with Crippen molar-refractivity contribution >= 4 is 26.6 Å². The van der Waals surface area contributed by atoms with Crippen LogP contribution in [0.1, 0.15) is 26.2 Å². The summed E-state index contributed by atoms with van der Waals surface area (Å²) in [6.07, 6.45) is 3.44. The third kappa shape index (κ3) is 7.47. The van der Waals surface area contributed by atoms with Crippen LogP contribution < -0.4 is 23.7 Å². The Hall–Kier alpha value is -4.09. The van der Waals surface area contributed by atoms with Crippen LogP contribution in [0.25, 0.3) is 10.9 Å². The van der Waals surface area contributed by atoms with Crippen LogP contribution in [0.15, 0.2) is 71.6 Å². The van der Waals surface area contributed by atoms with Crippen LogP contribution in [0.5, 0.6) is 28.9 Å². The van der Waals surface area contributed by atoms with Crippen LogP contribution in [-0.4, -0.2) is 58.8 Å². The fourth-order valence-corrected chi connectivity index (χ4v) is 6.43. The molecule has 0 aliphatic carbocycles. The summed E-state index contributed by atoms with van der Waals surface area (Å²) in [4.78, 5) is 6.97. The van der Waals surface area contributed by atoms with Crippen molar-refractivity contribution < 1.29 is 31.8 Å². The Morgan fingerprint density at radius 3 is 2.56 bits per heavy atom. The molecule has 9 nitrogen and oxygen atoms in total. The Bertz CT molecular complexity index is 1680. The van der Waals surface area contributed by atoms with Gasteiger partial charge in [-0.05, 0) is 68.1 Å². The van der Waals surface area contributed by atoms with Crippen molar-refractivity contribution in [2.45, 2.75) is 31.1 Å². The topological polar surface area (TPSA) is 99.2 Å². The smallest absolute Gasteiger partial charge is 0.265 e. The molecule has 1 aliphatic rings. The van der Waals surface area contributed by atoms with E-state index in [2.05, 4.69) is 21.5 Å². The van der Waals surface area contributed by atoms with Gasteiger partial charge in [0.25, 0.3) is 10.0 Å². The highest BCUT2D eigenvalue weighted by molar-refractivity contribution is 7.92. The molecular formula is C32H36FN3O6S. The average molecular weight is 610 g/mol. The van der Waals surface area contributed by atoms with Gasteiger partial charge in [0.2, 0.25) is 5.88 Å². The Morgan fingerprint density at radius 1 is 0.977 bits per heavy atom. The summed E-state index contributed by atoms with van der Waals surface area (Å²) in [5.41, 5.74) is 0.630. The van der Waals surface area contributed by atoms with Gasteiger partial charge in [-0.15, -0.1) is 0 Å². The highest BCUT2D eigenvalue weighted by Crippen LogP contribution is 2.34. The molecule has 2 heterocycles. The van der Waals surface area contributed by atoms with E-state index in [4.69, 9.17) is 18.9 Å². The molecule has 1 fully saturated rings. The summed E-state index contributed by atoms with van der Waals surface area (Å²) < 4.78 is 65.6. The number of benzene rings is 3. The molecule has 5 rings (SSSR count). The second-order valence-corrected chi connectivity index (χ2v) is 12.2. The molecular weight excluding hydrogens is 573 g/mol. The van der Waals surface area contributed by atoms with Crippen LogP contribution >= 0.6 is 0 Å². The monoisotopic (exact) mass is 609 g/mol. The van der Waals surface area contributed by atoms with E-state index in [9.17, 15) is 8.42 Å². The van der Waals surface area contributed by atoms with Crippen molar-refractivity contribution in [1.29, 1.82) is 0 Å². The first-order valence-electron chi connectivity index (χ1n) is 14.2. The maximum atomic E-state index is 15.0. The van der Waals surface area contributed by atoms with Crippen molar-refractivity contribution in [2.75, 3.05) is 45.2 Å². The number of pyridine rings is 1. The lowest BCUT2D eigenvalue weighted by molar-refractivity contribution is 0.169. The zero-order valence-corrected chi connectivity index (χ0v) is 25.3. The highest BCUT2D eigenvalue weighted by Gasteiger charge is 2.20. The average Bonchev–Trinajstić information content (AvgIpc) is 3.00. The van der Waals surface area contributed by atoms with E-state index in [1.807, 2.05) is 6.07 Å². The summed E-state index contributed by atoms with van der Waals surface area (Å²) in [5, 5.41) is 0.806. The number of ether oxygens (including phenoxy) is 4. The molecule has 1 atom stereocenters. The van der Waals surface area contributed by atoms with Gasteiger partial charge in [0.1, 0.15) is 10.6 Å². The number of piperidine rings is 1. The predicted octanol–water partition coefficient (Wildman–Crippen LogP) is 6.49. The van der Waals surface area contributed by atoms with Crippen molar-refractivity contribution in [1.82, 2.24) is 9.88 Å². The number of fused-ring (bicyclic) bond motifs is 1. The number of nitrogens with zero attached hydrogens (tertiary/aromatic N) is 2. The van der Waals surface area contributed by atoms with Crippen molar-refractivity contribution in [3.63, 3.8) is 0 Å². The normalized spacial score (nSPS) is 15.7. The quantitative estimate of drug-likeness (QED) is 0.182. The lowest BCUT2D eigenvalue weighted by Gasteiger charge is -2.30. The van der Waals surface area contributed by atoms with Crippen molar-refractivity contribution in [2.24, 2.45) is 5.92 Å². The van der Waals surface area contributed by atoms with Crippen molar-refractivity contribution in [3.8, 4) is 28.9 Å². The van der Waals surface area contributed by atoms with Gasteiger partial charge in [0, 0.05) is 36.7 Å². The summed E-state index contributed by atoms with van der Waals surface area (Å²) >= 11 is 0. The molecule has 0 spiro atoms. The largest absolute Gasteiger partial charge is 0.495 e. The number of hydrogen-bond acceptors (Lipinski definition) is 8. The van der Waals surface area contributed by atoms with Gasteiger partial charge in [0.15, 0.2) is 23.1 Å². The molecule has 4 aromatic rings. The Balaban J connectivity index is 1.26. The highest BCUT2D eigenvalue weighted by atomic mass is 32.2.